The van der Waals surface area contributed by atoms with Gasteiger partial charge in [0.25, 0.3) is 5.91 Å². The van der Waals surface area contributed by atoms with Crippen molar-refractivity contribution in [2.45, 2.75) is 25.6 Å². The molecule has 0 spiro atoms. The van der Waals surface area contributed by atoms with Gasteiger partial charge in [-0.3, -0.25) is 9.48 Å². The van der Waals surface area contributed by atoms with Crippen LogP contribution in [-0.4, -0.2) is 37.2 Å². The SMILES string of the molecule is Cc1ccc(C(=O)Nc2ccnn2C)cc1-c1ccc2c([C@@](C)(O)C(F)(F)F)nncc2c1. The van der Waals surface area contributed by atoms with Crippen molar-refractivity contribution < 1.29 is 23.1 Å². The Morgan fingerprint density at radius 1 is 1.12 bits per heavy atom. The summed E-state index contributed by atoms with van der Waals surface area (Å²) in [6.07, 6.45) is -2.01. The molecule has 0 bridgehead atoms. The Morgan fingerprint density at radius 3 is 2.55 bits per heavy atom. The third-order valence-corrected chi connectivity index (χ3v) is 5.55. The fraction of sp³-hybridized carbons (Fsp3) is 0.217. The van der Waals surface area contributed by atoms with Crippen molar-refractivity contribution in [2.75, 3.05) is 5.32 Å². The number of aryl methyl sites for hydroxylation is 2. The molecule has 0 radical (unpaired) electrons. The van der Waals surface area contributed by atoms with Crippen molar-refractivity contribution in [3.05, 3.63) is 71.7 Å². The van der Waals surface area contributed by atoms with E-state index in [0.717, 1.165) is 11.1 Å². The lowest BCUT2D eigenvalue weighted by Crippen LogP contribution is -2.40. The Labute approximate surface area is 186 Å². The molecule has 0 unspecified atom stereocenters. The standard InChI is InChI=1S/C23H20F3N5O2/c1-13-4-5-15(21(32)29-19-8-9-28-31(19)3)11-18(13)14-6-7-17-16(10-14)12-27-30-20(17)22(2,33)23(24,25)26/h4-12,33H,1-3H3,(H,29,32)/t22-/m1/s1. The molecule has 2 aromatic carbocycles. The summed E-state index contributed by atoms with van der Waals surface area (Å²) in [6.45, 7) is 2.52. The van der Waals surface area contributed by atoms with Crippen LogP contribution in [0, 0.1) is 6.92 Å². The first-order valence-corrected chi connectivity index (χ1v) is 9.94. The molecule has 2 heterocycles. The smallest absolute Gasteiger partial charge is 0.375 e. The Bertz CT molecular complexity index is 1360. The minimum Gasteiger partial charge on any atom is -0.375 e. The van der Waals surface area contributed by atoms with E-state index in [-0.39, 0.29) is 11.3 Å². The number of nitrogens with zero attached hydrogens (tertiary/aromatic N) is 4. The van der Waals surface area contributed by atoms with Crippen LogP contribution in [0.2, 0.25) is 0 Å². The Hall–Kier alpha value is -3.79. The van der Waals surface area contributed by atoms with E-state index in [1.54, 1.807) is 49.6 Å². The highest BCUT2D eigenvalue weighted by Crippen LogP contribution is 2.40. The largest absolute Gasteiger partial charge is 0.422 e. The van der Waals surface area contributed by atoms with Crippen LogP contribution in [0.4, 0.5) is 19.0 Å². The second kappa shape index (κ2) is 7.96. The highest BCUT2D eigenvalue weighted by Gasteiger charge is 2.53. The van der Waals surface area contributed by atoms with Gasteiger partial charge in [-0.25, -0.2) is 0 Å². The predicted molar refractivity (Wildman–Crippen MR) is 116 cm³/mol. The van der Waals surface area contributed by atoms with Crippen molar-refractivity contribution in [3.63, 3.8) is 0 Å². The van der Waals surface area contributed by atoms with E-state index in [2.05, 4.69) is 20.6 Å². The molecule has 7 nitrogen and oxygen atoms in total. The Balaban J connectivity index is 1.74. The summed E-state index contributed by atoms with van der Waals surface area (Å²) in [4.78, 5) is 12.7. The van der Waals surface area contributed by atoms with Crippen LogP contribution in [0.3, 0.4) is 0 Å². The zero-order chi connectivity index (χ0) is 24.0. The number of carbonyl (C=O) groups excluding carboxylic acids is 1. The van der Waals surface area contributed by atoms with E-state index in [4.69, 9.17) is 0 Å². The quantitative estimate of drug-likeness (QED) is 0.477. The minimum absolute atomic E-state index is 0.138. The number of alkyl halides is 3. The van der Waals surface area contributed by atoms with Crippen molar-refractivity contribution in [1.29, 1.82) is 0 Å². The number of amides is 1. The molecule has 4 rings (SSSR count). The van der Waals surface area contributed by atoms with Gasteiger partial charge < -0.3 is 10.4 Å². The maximum absolute atomic E-state index is 13.4. The molecule has 0 aliphatic rings. The van der Waals surface area contributed by atoms with E-state index in [1.165, 1.54) is 16.9 Å². The van der Waals surface area contributed by atoms with Gasteiger partial charge in [0.2, 0.25) is 5.60 Å². The lowest BCUT2D eigenvalue weighted by Gasteiger charge is -2.26. The number of nitrogens with one attached hydrogen (secondary N) is 1. The molecule has 4 aromatic rings. The zero-order valence-electron chi connectivity index (χ0n) is 18.0. The van der Waals surface area contributed by atoms with Crippen LogP contribution in [0.1, 0.15) is 28.5 Å². The summed E-state index contributed by atoms with van der Waals surface area (Å²) in [6, 6.07) is 11.6. The number of aliphatic hydroxyl groups is 1. The van der Waals surface area contributed by atoms with Gasteiger partial charge in [-0.1, -0.05) is 18.2 Å². The third kappa shape index (κ3) is 4.05. The molecule has 0 saturated carbocycles. The molecule has 1 amide bonds. The number of halogens is 3. The van der Waals surface area contributed by atoms with Crippen LogP contribution in [0.25, 0.3) is 21.9 Å². The van der Waals surface area contributed by atoms with Crippen molar-refractivity contribution in [2.24, 2.45) is 7.05 Å². The molecular formula is C23H20F3N5O2. The van der Waals surface area contributed by atoms with E-state index in [9.17, 15) is 23.1 Å². The van der Waals surface area contributed by atoms with Gasteiger partial charge in [0.15, 0.2) is 0 Å². The average molecular weight is 455 g/mol. The normalized spacial score (nSPS) is 13.7. The number of benzene rings is 2. The zero-order valence-corrected chi connectivity index (χ0v) is 18.0. The van der Waals surface area contributed by atoms with E-state index in [1.807, 2.05) is 6.92 Å². The van der Waals surface area contributed by atoms with Gasteiger partial charge in [0.1, 0.15) is 11.5 Å². The molecule has 0 aliphatic carbocycles. The van der Waals surface area contributed by atoms with Crippen LogP contribution in [-0.2, 0) is 12.6 Å². The summed E-state index contributed by atoms with van der Waals surface area (Å²) in [5.74, 6) is 0.214. The van der Waals surface area contributed by atoms with E-state index in [0.29, 0.717) is 29.3 Å². The second-order valence-electron chi connectivity index (χ2n) is 7.89. The number of hydrogen-bond donors (Lipinski definition) is 2. The molecule has 0 saturated heterocycles. The summed E-state index contributed by atoms with van der Waals surface area (Å²) >= 11 is 0. The number of anilines is 1. The minimum atomic E-state index is -4.92. The maximum Gasteiger partial charge on any atom is 0.422 e. The lowest BCUT2D eigenvalue weighted by molar-refractivity contribution is -0.260. The summed E-state index contributed by atoms with van der Waals surface area (Å²) < 4.78 is 41.6. The van der Waals surface area contributed by atoms with Crippen molar-refractivity contribution in [3.8, 4) is 11.1 Å². The summed E-state index contributed by atoms with van der Waals surface area (Å²) in [7, 11) is 1.71. The van der Waals surface area contributed by atoms with Gasteiger partial charge in [-0.15, -0.1) is 0 Å². The van der Waals surface area contributed by atoms with Crippen LogP contribution in [0.5, 0.6) is 0 Å². The molecular weight excluding hydrogens is 435 g/mol. The van der Waals surface area contributed by atoms with Gasteiger partial charge in [0.05, 0.1) is 12.4 Å². The predicted octanol–water partition coefficient (Wildman–Crippen LogP) is 4.36. The second-order valence-corrected chi connectivity index (χ2v) is 7.89. The van der Waals surface area contributed by atoms with Crippen LogP contribution < -0.4 is 5.32 Å². The molecule has 1 atom stereocenters. The van der Waals surface area contributed by atoms with Gasteiger partial charge in [-0.2, -0.15) is 28.5 Å². The molecule has 170 valence electrons. The van der Waals surface area contributed by atoms with E-state index >= 15 is 0 Å². The van der Waals surface area contributed by atoms with Gasteiger partial charge in [0, 0.05) is 29.4 Å². The van der Waals surface area contributed by atoms with Crippen LogP contribution in [0.15, 0.2) is 54.9 Å². The number of aromatic nitrogens is 4. The number of rotatable bonds is 4. The molecule has 0 aliphatic heterocycles. The molecule has 2 N–H and O–H groups in total. The monoisotopic (exact) mass is 455 g/mol. The van der Waals surface area contributed by atoms with Crippen molar-refractivity contribution in [1.82, 2.24) is 20.0 Å². The van der Waals surface area contributed by atoms with Gasteiger partial charge >= 0.3 is 6.18 Å². The lowest BCUT2D eigenvalue weighted by atomic mass is 9.93. The number of hydrogen-bond acceptors (Lipinski definition) is 5. The Kier molecular flexibility index (Phi) is 5.41. The molecule has 0 fully saturated rings. The number of carbonyl (C=O) groups is 1. The maximum atomic E-state index is 13.4. The first kappa shape index (κ1) is 22.4. The molecule has 10 heteroatoms. The fourth-order valence-corrected chi connectivity index (χ4v) is 3.51. The summed E-state index contributed by atoms with van der Waals surface area (Å²) in [5, 5.41) is 24.6. The highest BCUT2D eigenvalue weighted by atomic mass is 19.4. The van der Waals surface area contributed by atoms with Crippen molar-refractivity contribution >= 4 is 22.5 Å². The third-order valence-electron chi connectivity index (χ3n) is 5.55. The van der Waals surface area contributed by atoms with Crippen LogP contribution >= 0.6 is 0 Å². The van der Waals surface area contributed by atoms with E-state index < -0.39 is 17.5 Å². The number of fused-ring (bicyclic) bond motifs is 1. The topological polar surface area (TPSA) is 92.9 Å². The molecule has 33 heavy (non-hydrogen) atoms. The first-order chi connectivity index (χ1) is 15.5. The fourth-order valence-electron chi connectivity index (χ4n) is 3.51. The summed E-state index contributed by atoms with van der Waals surface area (Å²) in [5.41, 5.74) is -1.03. The first-order valence-electron chi connectivity index (χ1n) is 9.94. The highest BCUT2D eigenvalue weighted by molar-refractivity contribution is 6.04. The van der Waals surface area contributed by atoms with Gasteiger partial charge in [-0.05, 0) is 48.7 Å². The molecule has 2 aromatic heterocycles. The Morgan fingerprint density at radius 2 is 1.88 bits per heavy atom. The average Bonchev–Trinajstić information content (AvgIpc) is 3.16.